The first-order chi connectivity index (χ1) is 12.5. The number of carbonyl (C=O) groups excluding carboxylic acids is 2. The van der Waals surface area contributed by atoms with E-state index in [2.05, 4.69) is 5.32 Å². The molecule has 0 bridgehead atoms. The topological polar surface area (TPSA) is 67.9 Å². The molecule has 1 heterocycles. The summed E-state index contributed by atoms with van der Waals surface area (Å²) in [6, 6.07) is 7.69. The number of benzene rings is 1. The molecule has 0 aliphatic carbocycles. The van der Waals surface area contributed by atoms with Gasteiger partial charge in [0.1, 0.15) is 0 Å². The number of methoxy groups -OCH3 is 1. The molecule has 0 aromatic heterocycles. The largest absolute Gasteiger partial charge is 0.465 e. The van der Waals surface area contributed by atoms with Crippen molar-refractivity contribution in [1.82, 2.24) is 10.2 Å². The molecule has 6 nitrogen and oxygen atoms in total. The van der Waals surface area contributed by atoms with E-state index in [1.54, 1.807) is 12.1 Å². The van der Waals surface area contributed by atoms with Crippen LogP contribution in [0.5, 0.6) is 0 Å². The maximum Gasteiger partial charge on any atom is 0.337 e. The number of ether oxygens (including phenoxy) is 2. The molecule has 1 aromatic rings. The number of nitrogens with one attached hydrogen (secondary N) is 1. The first kappa shape index (κ1) is 20.4. The van der Waals surface area contributed by atoms with E-state index >= 15 is 0 Å². The van der Waals surface area contributed by atoms with Gasteiger partial charge in [0, 0.05) is 25.6 Å². The number of rotatable bonds is 10. The maximum absolute atomic E-state index is 12.0. The molecule has 1 atom stereocenters. The maximum atomic E-state index is 12.0. The molecule has 2 rings (SSSR count). The first-order valence-corrected chi connectivity index (χ1v) is 9.30. The van der Waals surface area contributed by atoms with Crippen LogP contribution in [0.15, 0.2) is 24.3 Å². The van der Waals surface area contributed by atoms with Gasteiger partial charge in [-0.1, -0.05) is 12.1 Å². The quantitative estimate of drug-likeness (QED) is 0.511. The van der Waals surface area contributed by atoms with Crippen molar-refractivity contribution in [1.29, 1.82) is 0 Å². The highest BCUT2D eigenvalue weighted by molar-refractivity contribution is 5.89. The highest BCUT2D eigenvalue weighted by Crippen LogP contribution is 2.20. The van der Waals surface area contributed by atoms with Crippen LogP contribution in [-0.2, 0) is 20.8 Å². The van der Waals surface area contributed by atoms with Crippen molar-refractivity contribution in [2.75, 3.05) is 26.8 Å². The summed E-state index contributed by atoms with van der Waals surface area (Å²) in [5.74, 6) is -0.0855. The molecule has 1 fully saturated rings. The van der Waals surface area contributed by atoms with Crippen LogP contribution < -0.4 is 5.32 Å². The van der Waals surface area contributed by atoms with Crippen LogP contribution in [-0.4, -0.2) is 55.7 Å². The summed E-state index contributed by atoms with van der Waals surface area (Å²) in [6.07, 6.45) is 2.70. The van der Waals surface area contributed by atoms with Gasteiger partial charge in [0.25, 0.3) is 0 Å². The van der Waals surface area contributed by atoms with E-state index in [-0.39, 0.29) is 18.0 Å². The van der Waals surface area contributed by atoms with Gasteiger partial charge in [-0.2, -0.15) is 0 Å². The molecule has 1 N–H and O–H groups in total. The highest BCUT2D eigenvalue weighted by Gasteiger charge is 2.29. The van der Waals surface area contributed by atoms with E-state index in [9.17, 15) is 9.59 Å². The Balaban J connectivity index is 1.71. The van der Waals surface area contributed by atoms with Gasteiger partial charge in [0.2, 0.25) is 5.91 Å². The Bertz CT molecular complexity index is 586. The fourth-order valence-electron chi connectivity index (χ4n) is 3.17. The average molecular weight is 362 g/mol. The smallest absolute Gasteiger partial charge is 0.337 e. The summed E-state index contributed by atoms with van der Waals surface area (Å²) in [5, 5.41) is 3.42. The Kier molecular flexibility index (Phi) is 8.06. The van der Waals surface area contributed by atoms with Gasteiger partial charge in [-0.25, -0.2) is 4.79 Å². The van der Waals surface area contributed by atoms with Gasteiger partial charge in [-0.3, -0.25) is 4.79 Å². The number of amides is 1. The van der Waals surface area contributed by atoms with Gasteiger partial charge < -0.3 is 19.7 Å². The average Bonchev–Trinajstić information content (AvgIpc) is 2.98. The van der Waals surface area contributed by atoms with E-state index < -0.39 is 0 Å². The van der Waals surface area contributed by atoms with Gasteiger partial charge in [0.05, 0.1) is 25.4 Å². The third kappa shape index (κ3) is 6.11. The predicted molar refractivity (Wildman–Crippen MR) is 99.9 cm³/mol. The van der Waals surface area contributed by atoms with E-state index in [1.165, 1.54) is 7.11 Å². The van der Waals surface area contributed by atoms with Crippen molar-refractivity contribution in [3.8, 4) is 0 Å². The standard InChI is InChI=1S/C20H30N2O4/c1-15(2)26-13-12-22-18(8-9-19(22)23)10-11-21-14-16-4-6-17(7-5-16)20(24)25-3/h4-7,15,18,21H,8-14H2,1-3H3. The summed E-state index contributed by atoms with van der Waals surface area (Å²) < 4.78 is 10.3. The lowest BCUT2D eigenvalue weighted by molar-refractivity contribution is -0.130. The fraction of sp³-hybridized carbons (Fsp3) is 0.600. The molecule has 1 aliphatic heterocycles. The van der Waals surface area contributed by atoms with Crippen molar-refractivity contribution in [3.05, 3.63) is 35.4 Å². The molecule has 1 aromatic carbocycles. The molecule has 6 heteroatoms. The Morgan fingerprint density at radius 3 is 2.69 bits per heavy atom. The third-order valence-corrected chi connectivity index (χ3v) is 4.59. The molecule has 1 unspecified atom stereocenters. The Morgan fingerprint density at radius 2 is 2.04 bits per heavy atom. The number of hydrogen-bond donors (Lipinski definition) is 1. The lowest BCUT2D eigenvalue weighted by Gasteiger charge is -2.25. The van der Waals surface area contributed by atoms with E-state index in [0.717, 1.165) is 31.5 Å². The highest BCUT2D eigenvalue weighted by atomic mass is 16.5. The lowest BCUT2D eigenvalue weighted by atomic mass is 10.1. The van der Waals surface area contributed by atoms with Crippen molar-refractivity contribution >= 4 is 11.9 Å². The Hall–Kier alpha value is -1.92. The summed E-state index contributed by atoms with van der Waals surface area (Å²) in [4.78, 5) is 25.4. The zero-order chi connectivity index (χ0) is 18.9. The van der Waals surface area contributed by atoms with Crippen LogP contribution in [0, 0.1) is 0 Å². The first-order valence-electron chi connectivity index (χ1n) is 9.30. The SMILES string of the molecule is COC(=O)c1ccc(CNCCC2CCC(=O)N2CCOC(C)C)cc1. The second-order valence-electron chi connectivity index (χ2n) is 6.85. The minimum atomic E-state index is -0.322. The molecule has 0 radical (unpaired) electrons. The van der Waals surface area contributed by atoms with E-state index in [0.29, 0.717) is 31.2 Å². The van der Waals surface area contributed by atoms with Crippen LogP contribution in [0.2, 0.25) is 0 Å². The van der Waals surface area contributed by atoms with Crippen molar-refractivity contribution in [2.45, 2.75) is 51.8 Å². The molecule has 26 heavy (non-hydrogen) atoms. The Morgan fingerprint density at radius 1 is 1.31 bits per heavy atom. The minimum Gasteiger partial charge on any atom is -0.465 e. The summed E-state index contributed by atoms with van der Waals surface area (Å²) in [5.41, 5.74) is 1.67. The molecule has 1 aliphatic rings. The summed E-state index contributed by atoms with van der Waals surface area (Å²) in [7, 11) is 1.38. The molecular formula is C20H30N2O4. The van der Waals surface area contributed by atoms with E-state index in [4.69, 9.17) is 9.47 Å². The number of nitrogens with zero attached hydrogens (tertiary/aromatic N) is 1. The van der Waals surface area contributed by atoms with Gasteiger partial charge in [-0.15, -0.1) is 0 Å². The normalized spacial score (nSPS) is 17.2. The predicted octanol–water partition coefficient (Wildman–Crippen LogP) is 2.37. The summed E-state index contributed by atoms with van der Waals surface area (Å²) >= 11 is 0. The molecule has 144 valence electrons. The number of carbonyl (C=O) groups is 2. The van der Waals surface area contributed by atoms with Gasteiger partial charge in [-0.05, 0) is 50.9 Å². The number of likely N-dealkylation sites (tertiary alicyclic amines) is 1. The zero-order valence-corrected chi connectivity index (χ0v) is 16.0. The minimum absolute atomic E-state index is 0.193. The molecule has 0 spiro atoms. The van der Waals surface area contributed by atoms with Crippen LogP contribution in [0.25, 0.3) is 0 Å². The van der Waals surface area contributed by atoms with Crippen LogP contribution in [0.1, 0.15) is 49.0 Å². The third-order valence-electron chi connectivity index (χ3n) is 4.59. The van der Waals surface area contributed by atoms with Crippen LogP contribution in [0.4, 0.5) is 0 Å². The number of hydrogen-bond acceptors (Lipinski definition) is 5. The van der Waals surface area contributed by atoms with Crippen molar-refractivity contribution < 1.29 is 19.1 Å². The lowest BCUT2D eigenvalue weighted by Crippen LogP contribution is -2.37. The van der Waals surface area contributed by atoms with E-state index in [1.807, 2.05) is 30.9 Å². The molecule has 0 saturated carbocycles. The molecule has 1 saturated heterocycles. The van der Waals surface area contributed by atoms with Crippen molar-refractivity contribution in [2.24, 2.45) is 0 Å². The summed E-state index contributed by atoms with van der Waals surface area (Å²) in [6.45, 7) is 6.86. The monoisotopic (exact) mass is 362 g/mol. The van der Waals surface area contributed by atoms with Crippen LogP contribution in [0.3, 0.4) is 0 Å². The molecular weight excluding hydrogens is 332 g/mol. The molecule has 1 amide bonds. The zero-order valence-electron chi connectivity index (χ0n) is 16.0. The second kappa shape index (κ2) is 10.3. The van der Waals surface area contributed by atoms with Gasteiger partial charge in [0.15, 0.2) is 0 Å². The fourth-order valence-corrected chi connectivity index (χ4v) is 3.17. The van der Waals surface area contributed by atoms with Gasteiger partial charge >= 0.3 is 5.97 Å². The second-order valence-corrected chi connectivity index (χ2v) is 6.85. The Labute approximate surface area is 155 Å². The number of esters is 1. The van der Waals surface area contributed by atoms with Crippen LogP contribution >= 0.6 is 0 Å². The van der Waals surface area contributed by atoms with Crippen molar-refractivity contribution in [3.63, 3.8) is 0 Å².